The van der Waals surface area contributed by atoms with Crippen LogP contribution in [-0.4, -0.2) is 11.5 Å². The molecule has 1 fully saturated rings. The lowest BCUT2D eigenvalue weighted by atomic mass is 9.71. The summed E-state index contributed by atoms with van der Waals surface area (Å²) in [6.07, 6.45) is 1.18. The molecule has 0 bridgehead atoms. The van der Waals surface area contributed by atoms with Crippen molar-refractivity contribution in [2.24, 2.45) is 5.73 Å². The molecule has 0 atom stereocenters. The molecule has 1 saturated carbocycles. The van der Waals surface area contributed by atoms with Gasteiger partial charge in [-0.25, -0.2) is 8.78 Å². The molecule has 78 valence electrons. The highest BCUT2D eigenvalue weighted by Gasteiger charge is 2.53. The zero-order valence-electron chi connectivity index (χ0n) is 7.80. The molecule has 0 aliphatic heterocycles. The van der Waals surface area contributed by atoms with Crippen molar-refractivity contribution in [1.82, 2.24) is 0 Å². The van der Waals surface area contributed by atoms with E-state index in [1.807, 2.05) is 16.8 Å². The first-order chi connectivity index (χ1) is 6.49. The van der Waals surface area contributed by atoms with Gasteiger partial charge in [-0.1, -0.05) is 0 Å². The Morgan fingerprint density at radius 1 is 1.43 bits per heavy atom. The van der Waals surface area contributed by atoms with Gasteiger partial charge in [-0.3, -0.25) is 0 Å². The first kappa shape index (κ1) is 10.1. The highest BCUT2D eigenvalue weighted by Crippen LogP contribution is 2.46. The minimum atomic E-state index is -2.51. The van der Waals surface area contributed by atoms with Crippen LogP contribution < -0.4 is 5.73 Å². The first-order valence-electron chi connectivity index (χ1n) is 4.67. The second-order valence-corrected chi connectivity index (χ2v) is 4.98. The second-order valence-electron chi connectivity index (χ2n) is 4.20. The van der Waals surface area contributed by atoms with Crippen LogP contribution in [0.3, 0.4) is 0 Å². The Labute approximate surface area is 85.9 Å². The van der Waals surface area contributed by atoms with Gasteiger partial charge in [0.2, 0.25) is 0 Å². The van der Waals surface area contributed by atoms with Crippen molar-refractivity contribution in [3.63, 3.8) is 0 Å². The van der Waals surface area contributed by atoms with Crippen molar-refractivity contribution in [3.8, 4) is 0 Å². The van der Waals surface area contributed by atoms with Gasteiger partial charge in [-0.05, 0) is 35.2 Å². The van der Waals surface area contributed by atoms with Crippen molar-refractivity contribution in [3.05, 3.63) is 22.4 Å². The molecule has 1 aromatic rings. The highest BCUT2D eigenvalue weighted by atomic mass is 32.1. The Balaban J connectivity index is 1.82. The van der Waals surface area contributed by atoms with Crippen LogP contribution in [0.15, 0.2) is 16.8 Å². The van der Waals surface area contributed by atoms with Crippen LogP contribution in [0.25, 0.3) is 0 Å². The summed E-state index contributed by atoms with van der Waals surface area (Å²) in [5, 5.41) is 4.04. The molecule has 0 aromatic carbocycles. The summed E-state index contributed by atoms with van der Waals surface area (Å²) in [5.41, 5.74) is 6.40. The number of alkyl halides is 2. The molecule has 0 unspecified atom stereocenters. The van der Waals surface area contributed by atoms with Gasteiger partial charge in [0.05, 0.1) is 0 Å². The number of nitrogens with two attached hydrogens (primary N) is 1. The molecular formula is C10H13F2NS. The summed E-state index contributed by atoms with van der Waals surface area (Å²) < 4.78 is 25.2. The fraction of sp³-hybridized carbons (Fsp3) is 0.600. The minimum Gasteiger partial charge on any atom is -0.325 e. The Kier molecular flexibility index (Phi) is 2.35. The molecule has 1 nitrogen and oxygen atoms in total. The fourth-order valence-electron chi connectivity index (χ4n) is 1.98. The second kappa shape index (κ2) is 3.28. The average Bonchev–Trinajstić information content (AvgIpc) is 2.48. The number of aryl methyl sites for hydroxylation is 1. The van der Waals surface area contributed by atoms with Crippen molar-refractivity contribution >= 4 is 11.3 Å². The maximum absolute atomic E-state index is 12.6. The molecule has 14 heavy (non-hydrogen) atoms. The SMILES string of the molecule is NC1(CCc2ccsc2)CC(F)(F)C1. The van der Waals surface area contributed by atoms with E-state index in [9.17, 15) is 8.78 Å². The molecule has 2 N–H and O–H groups in total. The van der Waals surface area contributed by atoms with Gasteiger partial charge in [0, 0.05) is 18.4 Å². The van der Waals surface area contributed by atoms with Gasteiger partial charge in [0.25, 0.3) is 5.92 Å². The Morgan fingerprint density at radius 3 is 2.64 bits per heavy atom. The predicted octanol–water partition coefficient (Wildman–Crippen LogP) is 2.81. The van der Waals surface area contributed by atoms with Crippen LogP contribution in [0.1, 0.15) is 24.8 Å². The van der Waals surface area contributed by atoms with Crippen molar-refractivity contribution in [1.29, 1.82) is 0 Å². The topological polar surface area (TPSA) is 26.0 Å². The quantitative estimate of drug-likeness (QED) is 0.827. The number of rotatable bonds is 3. The lowest BCUT2D eigenvalue weighted by molar-refractivity contribution is -0.123. The molecule has 0 amide bonds. The van der Waals surface area contributed by atoms with E-state index < -0.39 is 11.5 Å². The molecule has 0 radical (unpaired) electrons. The van der Waals surface area contributed by atoms with E-state index in [0.717, 1.165) is 6.42 Å². The highest BCUT2D eigenvalue weighted by molar-refractivity contribution is 7.07. The number of thiophene rings is 1. The van der Waals surface area contributed by atoms with Crippen molar-refractivity contribution in [2.75, 3.05) is 0 Å². The maximum Gasteiger partial charge on any atom is 0.251 e. The van der Waals surface area contributed by atoms with Crippen molar-refractivity contribution in [2.45, 2.75) is 37.1 Å². The zero-order chi connectivity index (χ0) is 10.2. The van der Waals surface area contributed by atoms with Crippen LogP contribution in [0.2, 0.25) is 0 Å². The Bertz CT molecular complexity index is 300. The van der Waals surface area contributed by atoms with Gasteiger partial charge in [0.15, 0.2) is 0 Å². The van der Waals surface area contributed by atoms with E-state index >= 15 is 0 Å². The molecule has 0 saturated heterocycles. The largest absolute Gasteiger partial charge is 0.325 e. The van der Waals surface area contributed by atoms with E-state index in [4.69, 9.17) is 5.73 Å². The fourth-order valence-corrected chi connectivity index (χ4v) is 2.69. The lowest BCUT2D eigenvalue weighted by Crippen LogP contribution is -2.58. The number of halogens is 2. The Hall–Kier alpha value is -0.480. The third kappa shape index (κ3) is 2.12. The van der Waals surface area contributed by atoms with Crippen LogP contribution in [-0.2, 0) is 6.42 Å². The number of hydrogen-bond acceptors (Lipinski definition) is 2. The third-order valence-electron chi connectivity index (χ3n) is 2.71. The molecule has 1 heterocycles. The van der Waals surface area contributed by atoms with Crippen LogP contribution in [0, 0.1) is 0 Å². The zero-order valence-corrected chi connectivity index (χ0v) is 8.62. The monoisotopic (exact) mass is 217 g/mol. The first-order valence-corrected chi connectivity index (χ1v) is 5.61. The van der Waals surface area contributed by atoms with Crippen LogP contribution in [0.4, 0.5) is 8.78 Å². The van der Waals surface area contributed by atoms with Gasteiger partial charge in [-0.2, -0.15) is 11.3 Å². The molecule has 1 aliphatic rings. The predicted molar refractivity (Wildman–Crippen MR) is 53.7 cm³/mol. The summed E-state index contributed by atoms with van der Waals surface area (Å²) >= 11 is 1.63. The summed E-state index contributed by atoms with van der Waals surface area (Å²) in [6.45, 7) is 0. The van der Waals surface area contributed by atoms with Gasteiger partial charge < -0.3 is 5.73 Å². The smallest absolute Gasteiger partial charge is 0.251 e. The summed E-state index contributed by atoms with van der Waals surface area (Å²) in [7, 11) is 0. The lowest BCUT2D eigenvalue weighted by Gasteiger charge is -2.44. The standard InChI is InChI=1S/C10H13F2NS/c11-10(12)6-9(13,7-10)3-1-8-2-4-14-5-8/h2,4-5H,1,3,6-7,13H2. The maximum atomic E-state index is 12.6. The molecule has 1 aliphatic carbocycles. The van der Waals surface area contributed by atoms with Crippen LogP contribution in [0.5, 0.6) is 0 Å². The molecule has 1 aromatic heterocycles. The molecule has 2 rings (SSSR count). The summed E-state index contributed by atoms with van der Waals surface area (Å²) in [4.78, 5) is 0. The molecular weight excluding hydrogens is 204 g/mol. The van der Waals surface area contributed by atoms with Crippen molar-refractivity contribution < 1.29 is 8.78 Å². The van der Waals surface area contributed by atoms with Gasteiger partial charge >= 0.3 is 0 Å². The third-order valence-corrected chi connectivity index (χ3v) is 3.45. The summed E-state index contributed by atoms with van der Waals surface area (Å²) in [6, 6.07) is 2.02. The van der Waals surface area contributed by atoms with Gasteiger partial charge in [0.1, 0.15) is 0 Å². The average molecular weight is 217 g/mol. The normalized spacial score (nSPS) is 23.1. The number of hydrogen-bond donors (Lipinski definition) is 1. The van der Waals surface area contributed by atoms with E-state index in [-0.39, 0.29) is 12.8 Å². The minimum absolute atomic E-state index is 0.149. The van der Waals surface area contributed by atoms with Gasteiger partial charge in [-0.15, -0.1) is 0 Å². The van der Waals surface area contributed by atoms with E-state index in [0.29, 0.717) is 6.42 Å². The summed E-state index contributed by atoms with van der Waals surface area (Å²) in [5.74, 6) is -2.51. The Morgan fingerprint density at radius 2 is 2.14 bits per heavy atom. The van der Waals surface area contributed by atoms with E-state index in [1.54, 1.807) is 11.3 Å². The van der Waals surface area contributed by atoms with E-state index in [2.05, 4.69) is 0 Å². The van der Waals surface area contributed by atoms with Crippen LogP contribution >= 0.6 is 11.3 Å². The van der Waals surface area contributed by atoms with E-state index in [1.165, 1.54) is 5.56 Å². The molecule has 4 heteroatoms. The molecule has 0 spiro atoms.